The number of rotatable bonds is 5. The number of morpholine rings is 1. The summed E-state index contributed by atoms with van der Waals surface area (Å²) in [6.45, 7) is 3.91. The third-order valence-corrected chi connectivity index (χ3v) is 3.36. The molecule has 0 aliphatic carbocycles. The summed E-state index contributed by atoms with van der Waals surface area (Å²) in [5.74, 6) is 0. The second kappa shape index (κ2) is 8.51. The Labute approximate surface area is 121 Å². The average molecular weight is 287 g/mol. The van der Waals surface area contributed by atoms with Crippen molar-refractivity contribution in [2.45, 2.75) is 18.6 Å². The molecule has 5 heteroatoms. The molecule has 1 aromatic rings. The lowest BCUT2D eigenvalue weighted by atomic mass is 10.0. The van der Waals surface area contributed by atoms with Crippen LogP contribution in [0.3, 0.4) is 0 Å². The molecular weight excluding hydrogens is 264 g/mol. The van der Waals surface area contributed by atoms with Gasteiger partial charge >= 0.3 is 0 Å². The number of ether oxygens (including phenoxy) is 1. The van der Waals surface area contributed by atoms with Crippen LogP contribution >= 0.6 is 12.4 Å². The van der Waals surface area contributed by atoms with Gasteiger partial charge < -0.3 is 15.6 Å². The molecule has 2 rings (SSSR count). The summed E-state index contributed by atoms with van der Waals surface area (Å²) in [7, 11) is 0. The lowest BCUT2D eigenvalue weighted by molar-refractivity contribution is 0.00961. The zero-order chi connectivity index (χ0) is 12.8. The first-order chi connectivity index (χ1) is 8.75. The molecule has 0 aromatic heterocycles. The van der Waals surface area contributed by atoms with Gasteiger partial charge in [-0.1, -0.05) is 30.3 Å². The topological polar surface area (TPSA) is 58.7 Å². The zero-order valence-corrected chi connectivity index (χ0v) is 11.9. The van der Waals surface area contributed by atoms with E-state index in [0.717, 1.165) is 26.3 Å². The van der Waals surface area contributed by atoms with Gasteiger partial charge in [0.1, 0.15) is 0 Å². The SMILES string of the molecule is Cl.N[C@H](Cc1ccccc1)[C@@H](O)CN1CCOCC1. The molecule has 19 heavy (non-hydrogen) atoms. The Bertz CT molecular complexity index is 345. The van der Waals surface area contributed by atoms with Crippen LogP contribution in [0.15, 0.2) is 30.3 Å². The minimum Gasteiger partial charge on any atom is -0.390 e. The van der Waals surface area contributed by atoms with Crippen molar-refractivity contribution in [2.75, 3.05) is 32.8 Å². The summed E-state index contributed by atoms with van der Waals surface area (Å²) >= 11 is 0. The van der Waals surface area contributed by atoms with Gasteiger partial charge in [0.05, 0.1) is 19.3 Å². The van der Waals surface area contributed by atoms with E-state index >= 15 is 0 Å². The number of hydrogen-bond acceptors (Lipinski definition) is 4. The van der Waals surface area contributed by atoms with Crippen molar-refractivity contribution in [2.24, 2.45) is 5.73 Å². The lowest BCUT2D eigenvalue weighted by Crippen LogP contribution is -2.47. The molecule has 0 bridgehead atoms. The van der Waals surface area contributed by atoms with E-state index in [-0.39, 0.29) is 18.4 Å². The molecule has 0 radical (unpaired) electrons. The van der Waals surface area contributed by atoms with Gasteiger partial charge in [-0.2, -0.15) is 0 Å². The number of halogens is 1. The fraction of sp³-hybridized carbons (Fsp3) is 0.571. The second-order valence-electron chi connectivity index (χ2n) is 4.83. The van der Waals surface area contributed by atoms with Gasteiger partial charge in [-0.05, 0) is 12.0 Å². The van der Waals surface area contributed by atoms with Gasteiger partial charge in [0.2, 0.25) is 0 Å². The van der Waals surface area contributed by atoms with E-state index in [1.165, 1.54) is 5.56 Å². The Kier molecular flexibility index (Phi) is 7.34. The highest BCUT2D eigenvalue weighted by Gasteiger charge is 2.20. The molecular formula is C14H23ClN2O2. The highest BCUT2D eigenvalue weighted by Crippen LogP contribution is 2.07. The minimum absolute atomic E-state index is 0. The maximum Gasteiger partial charge on any atom is 0.0820 e. The van der Waals surface area contributed by atoms with Crippen LogP contribution in [0.4, 0.5) is 0 Å². The zero-order valence-electron chi connectivity index (χ0n) is 11.1. The van der Waals surface area contributed by atoms with Crippen molar-refractivity contribution in [3.05, 3.63) is 35.9 Å². The molecule has 4 nitrogen and oxygen atoms in total. The van der Waals surface area contributed by atoms with Crippen LogP contribution in [0.25, 0.3) is 0 Å². The van der Waals surface area contributed by atoms with E-state index in [1.807, 2.05) is 30.3 Å². The van der Waals surface area contributed by atoms with Gasteiger partial charge in [0.15, 0.2) is 0 Å². The smallest absolute Gasteiger partial charge is 0.0820 e. The van der Waals surface area contributed by atoms with Crippen molar-refractivity contribution < 1.29 is 9.84 Å². The van der Waals surface area contributed by atoms with Crippen LogP contribution in [0.2, 0.25) is 0 Å². The molecule has 1 saturated heterocycles. The first-order valence-electron chi connectivity index (χ1n) is 6.53. The quantitative estimate of drug-likeness (QED) is 0.835. The van der Waals surface area contributed by atoms with E-state index in [0.29, 0.717) is 13.0 Å². The highest BCUT2D eigenvalue weighted by atomic mass is 35.5. The van der Waals surface area contributed by atoms with E-state index in [2.05, 4.69) is 4.90 Å². The molecule has 1 aliphatic heterocycles. The predicted octanol–water partition coefficient (Wildman–Crippen LogP) is 0.671. The van der Waals surface area contributed by atoms with Crippen molar-refractivity contribution >= 4 is 12.4 Å². The number of benzene rings is 1. The fourth-order valence-corrected chi connectivity index (χ4v) is 2.21. The van der Waals surface area contributed by atoms with E-state index in [4.69, 9.17) is 10.5 Å². The number of nitrogens with two attached hydrogens (primary N) is 1. The summed E-state index contributed by atoms with van der Waals surface area (Å²) < 4.78 is 5.28. The standard InChI is InChI=1S/C14H22N2O2.ClH/c15-13(10-12-4-2-1-3-5-12)14(17)11-16-6-8-18-9-7-16;/h1-5,13-14,17H,6-11,15H2;1H/t13-,14+;/m1./s1. The Balaban J connectivity index is 0.00000180. The van der Waals surface area contributed by atoms with Crippen LogP contribution in [0.1, 0.15) is 5.56 Å². The number of nitrogens with zero attached hydrogens (tertiary/aromatic N) is 1. The Morgan fingerprint density at radius 2 is 1.84 bits per heavy atom. The average Bonchev–Trinajstić information content (AvgIpc) is 2.41. The Morgan fingerprint density at radius 3 is 2.47 bits per heavy atom. The maximum atomic E-state index is 10.1. The third-order valence-electron chi connectivity index (χ3n) is 3.36. The summed E-state index contributed by atoms with van der Waals surface area (Å²) in [5, 5.41) is 10.1. The predicted molar refractivity (Wildman–Crippen MR) is 78.6 cm³/mol. The van der Waals surface area contributed by atoms with Crippen molar-refractivity contribution in [1.82, 2.24) is 4.90 Å². The second-order valence-corrected chi connectivity index (χ2v) is 4.83. The van der Waals surface area contributed by atoms with Gasteiger partial charge in [-0.25, -0.2) is 0 Å². The molecule has 0 spiro atoms. The summed E-state index contributed by atoms with van der Waals surface area (Å²) in [5.41, 5.74) is 7.23. The van der Waals surface area contributed by atoms with Crippen LogP contribution in [-0.4, -0.2) is 55.0 Å². The Morgan fingerprint density at radius 1 is 1.21 bits per heavy atom. The van der Waals surface area contributed by atoms with E-state index in [1.54, 1.807) is 0 Å². The lowest BCUT2D eigenvalue weighted by Gasteiger charge is -2.30. The highest BCUT2D eigenvalue weighted by molar-refractivity contribution is 5.85. The molecule has 1 fully saturated rings. The van der Waals surface area contributed by atoms with Gasteiger partial charge in [-0.3, -0.25) is 4.90 Å². The molecule has 3 N–H and O–H groups in total. The van der Waals surface area contributed by atoms with Crippen LogP contribution in [0, 0.1) is 0 Å². The first kappa shape index (κ1) is 16.4. The largest absolute Gasteiger partial charge is 0.390 e. The number of hydrogen-bond donors (Lipinski definition) is 2. The third kappa shape index (κ3) is 5.47. The van der Waals surface area contributed by atoms with Crippen LogP contribution in [0.5, 0.6) is 0 Å². The van der Waals surface area contributed by atoms with Gasteiger partial charge in [0, 0.05) is 25.7 Å². The van der Waals surface area contributed by atoms with E-state index in [9.17, 15) is 5.11 Å². The number of β-amino-alcohol motifs (C(OH)–C–C–N with tert-alkyl or cyclic N) is 1. The van der Waals surface area contributed by atoms with Crippen molar-refractivity contribution in [1.29, 1.82) is 0 Å². The Hall–Kier alpha value is -0.650. The summed E-state index contributed by atoms with van der Waals surface area (Å²) in [6.07, 6.45) is 0.232. The molecule has 1 heterocycles. The molecule has 1 aromatic carbocycles. The van der Waals surface area contributed by atoms with Gasteiger partial charge in [-0.15, -0.1) is 12.4 Å². The molecule has 0 unspecified atom stereocenters. The van der Waals surface area contributed by atoms with Crippen LogP contribution in [-0.2, 0) is 11.2 Å². The summed E-state index contributed by atoms with van der Waals surface area (Å²) in [6, 6.07) is 9.85. The summed E-state index contributed by atoms with van der Waals surface area (Å²) in [4.78, 5) is 2.21. The molecule has 0 amide bonds. The molecule has 1 aliphatic rings. The van der Waals surface area contributed by atoms with Gasteiger partial charge in [0.25, 0.3) is 0 Å². The molecule has 0 saturated carbocycles. The number of aliphatic hydroxyl groups excluding tert-OH is 1. The monoisotopic (exact) mass is 286 g/mol. The fourth-order valence-electron chi connectivity index (χ4n) is 2.21. The molecule has 108 valence electrons. The maximum absolute atomic E-state index is 10.1. The van der Waals surface area contributed by atoms with E-state index < -0.39 is 6.10 Å². The minimum atomic E-state index is -0.483. The normalized spacial score (nSPS) is 19.5. The van der Waals surface area contributed by atoms with Crippen LogP contribution < -0.4 is 5.73 Å². The van der Waals surface area contributed by atoms with Crippen molar-refractivity contribution in [3.8, 4) is 0 Å². The van der Waals surface area contributed by atoms with Crippen molar-refractivity contribution in [3.63, 3.8) is 0 Å². The first-order valence-corrected chi connectivity index (χ1v) is 6.53. The number of aliphatic hydroxyl groups is 1. The molecule has 2 atom stereocenters.